The second kappa shape index (κ2) is 3.65. The van der Waals surface area contributed by atoms with Crippen molar-refractivity contribution in [2.24, 2.45) is 5.41 Å². The van der Waals surface area contributed by atoms with Crippen LogP contribution in [0.4, 0.5) is 0 Å². The third-order valence-electron chi connectivity index (χ3n) is 1.53. The van der Waals surface area contributed by atoms with Gasteiger partial charge in [0.25, 0.3) is 0 Å². The fourth-order valence-electron chi connectivity index (χ4n) is 0.603. The first-order valence-electron chi connectivity index (χ1n) is 3.78. The van der Waals surface area contributed by atoms with E-state index in [2.05, 4.69) is 39.3 Å². The summed E-state index contributed by atoms with van der Waals surface area (Å²) >= 11 is 0. The van der Waals surface area contributed by atoms with Gasteiger partial charge in [-0.15, -0.1) is 0 Å². The van der Waals surface area contributed by atoms with E-state index in [1.807, 2.05) is 6.20 Å². The van der Waals surface area contributed by atoms with Crippen molar-refractivity contribution >= 4 is 0 Å². The van der Waals surface area contributed by atoms with Crippen molar-refractivity contribution in [3.8, 4) is 0 Å². The first kappa shape index (κ1) is 9.54. The van der Waals surface area contributed by atoms with E-state index in [-0.39, 0.29) is 0 Å². The highest BCUT2D eigenvalue weighted by atomic mass is 15.1. The zero-order valence-corrected chi connectivity index (χ0v) is 7.65. The normalized spacial score (nSPS) is 11.2. The van der Waals surface area contributed by atoms with Gasteiger partial charge in [0.05, 0.1) is 0 Å². The summed E-state index contributed by atoms with van der Waals surface area (Å²) in [6.07, 6.45) is 3.08. The molecule has 0 saturated carbocycles. The smallest absolute Gasteiger partial charge is 0.0174 e. The van der Waals surface area contributed by atoms with Gasteiger partial charge in [0.2, 0.25) is 0 Å². The number of rotatable bonds is 3. The molecule has 0 rings (SSSR count). The Morgan fingerprint density at radius 2 is 1.90 bits per heavy atom. The van der Waals surface area contributed by atoms with Gasteiger partial charge in [0, 0.05) is 13.6 Å². The largest absolute Gasteiger partial charge is 0.381 e. The summed E-state index contributed by atoms with van der Waals surface area (Å²) in [5.41, 5.74) is 0.442. The molecule has 0 bridgehead atoms. The van der Waals surface area contributed by atoms with Gasteiger partial charge in [-0.2, -0.15) is 0 Å². The molecule has 0 radical (unpaired) electrons. The molecule has 0 amide bonds. The van der Waals surface area contributed by atoms with Gasteiger partial charge >= 0.3 is 0 Å². The molecule has 0 spiro atoms. The van der Waals surface area contributed by atoms with Crippen LogP contribution in [0.15, 0.2) is 12.8 Å². The third-order valence-corrected chi connectivity index (χ3v) is 1.53. The number of hydrogen-bond acceptors (Lipinski definition) is 1. The van der Waals surface area contributed by atoms with Gasteiger partial charge in [0.1, 0.15) is 0 Å². The highest BCUT2D eigenvalue weighted by Gasteiger charge is 2.09. The number of nitrogens with zero attached hydrogens (tertiary/aromatic N) is 1. The molecule has 0 aliphatic rings. The lowest BCUT2D eigenvalue weighted by atomic mass is 9.92. The van der Waals surface area contributed by atoms with Crippen LogP contribution in [0.2, 0.25) is 0 Å². The lowest BCUT2D eigenvalue weighted by Crippen LogP contribution is -2.18. The van der Waals surface area contributed by atoms with Crippen molar-refractivity contribution in [1.29, 1.82) is 0 Å². The SMILES string of the molecule is C=CN(C)CCC(C)(C)C. The van der Waals surface area contributed by atoms with E-state index >= 15 is 0 Å². The molecule has 60 valence electrons. The molecule has 0 aromatic carbocycles. The molecule has 1 heteroatoms. The summed E-state index contributed by atoms with van der Waals surface area (Å²) in [6, 6.07) is 0. The number of hydrogen-bond donors (Lipinski definition) is 0. The van der Waals surface area contributed by atoms with Gasteiger partial charge in [-0.3, -0.25) is 0 Å². The maximum Gasteiger partial charge on any atom is 0.0174 e. The Labute approximate surface area is 64.7 Å². The van der Waals surface area contributed by atoms with Crippen molar-refractivity contribution in [1.82, 2.24) is 4.90 Å². The van der Waals surface area contributed by atoms with E-state index in [1.165, 1.54) is 6.42 Å². The lowest BCUT2D eigenvalue weighted by molar-refractivity contribution is 0.315. The van der Waals surface area contributed by atoms with Gasteiger partial charge in [-0.1, -0.05) is 27.4 Å². The summed E-state index contributed by atoms with van der Waals surface area (Å²) in [5.74, 6) is 0. The zero-order valence-electron chi connectivity index (χ0n) is 7.65. The molecule has 0 saturated heterocycles. The topological polar surface area (TPSA) is 3.24 Å². The van der Waals surface area contributed by atoms with Crippen LogP contribution in [0.3, 0.4) is 0 Å². The summed E-state index contributed by atoms with van der Waals surface area (Å²) in [4.78, 5) is 2.12. The predicted molar refractivity (Wildman–Crippen MR) is 46.9 cm³/mol. The molecular weight excluding hydrogens is 122 g/mol. The summed E-state index contributed by atoms with van der Waals surface area (Å²) in [5, 5.41) is 0. The van der Waals surface area contributed by atoms with Gasteiger partial charge in [-0.05, 0) is 18.0 Å². The Morgan fingerprint density at radius 3 is 2.20 bits per heavy atom. The quantitative estimate of drug-likeness (QED) is 0.583. The molecule has 0 N–H and O–H groups in total. The fraction of sp³-hybridized carbons (Fsp3) is 0.778. The third kappa shape index (κ3) is 5.67. The Balaban J connectivity index is 3.45. The van der Waals surface area contributed by atoms with Gasteiger partial charge < -0.3 is 4.90 Å². The molecule has 0 atom stereocenters. The Kier molecular flexibility index (Phi) is 3.48. The van der Waals surface area contributed by atoms with Crippen LogP contribution >= 0.6 is 0 Å². The van der Waals surface area contributed by atoms with E-state index < -0.39 is 0 Å². The summed E-state index contributed by atoms with van der Waals surface area (Å²) in [6.45, 7) is 11.6. The average Bonchev–Trinajstić information content (AvgIpc) is 1.81. The van der Waals surface area contributed by atoms with E-state index in [0.29, 0.717) is 5.41 Å². The summed E-state index contributed by atoms with van der Waals surface area (Å²) < 4.78 is 0. The first-order chi connectivity index (χ1) is 4.45. The monoisotopic (exact) mass is 141 g/mol. The Hall–Kier alpha value is -0.460. The minimum Gasteiger partial charge on any atom is -0.381 e. The van der Waals surface area contributed by atoms with Crippen molar-refractivity contribution in [2.75, 3.05) is 13.6 Å². The van der Waals surface area contributed by atoms with Crippen LogP contribution in [-0.2, 0) is 0 Å². The van der Waals surface area contributed by atoms with E-state index in [4.69, 9.17) is 0 Å². The molecule has 1 nitrogen and oxygen atoms in total. The van der Waals surface area contributed by atoms with Gasteiger partial charge in [0.15, 0.2) is 0 Å². The van der Waals surface area contributed by atoms with Crippen LogP contribution in [-0.4, -0.2) is 18.5 Å². The average molecular weight is 141 g/mol. The molecule has 10 heavy (non-hydrogen) atoms. The minimum atomic E-state index is 0.442. The van der Waals surface area contributed by atoms with Crippen LogP contribution < -0.4 is 0 Å². The molecule has 0 fully saturated rings. The zero-order chi connectivity index (χ0) is 8.20. The lowest BCUT2D eigenvalue weighted by Gasteiger charge is -2.21. The molecule has 0 aliphatic heterocycles. The molecule has 0 aromatic heterocycles. The van der Waals surface area contributed by atoms with E-state index in [1.54, 1.807) is 0 Å². The molecule has 0 aromatic rings. The van der Waals surface area contributed by atoms with Crippen molar-refractivity contribution < 1.29 is 0 Å². The van der Waals surface area contributed by atoms with Crippen LogP contribution in [0.1, 0.15) is 27.2 Å². The fourth-order valence-corrected chi connectivity index (χ4v) is 0.603. The maximum atomic E-state index is 3.69. The van der Waals surface area contributed by atoms with E-state index in [9.17, 15) is 0 Å². The second-order valence-electron chi connectivity index (χ2n) is 3.97. The molecule has 0 heterocycles. The van der Waals surface area contributed by atoms with Crippen LogP contribution in [0.5, 0.6) is 0 Å². The molecular formula is C9H19N. The predicted octanol–water partition coefficient (Wildman–Crippen LogP) is 2.50. The van der Waals surface area contributed by atoms with Crippen LogP contribution in [0, 0.1) is 5.41 Å². The maximum absolute atomic E-state index is 3.69. The molecule has 0 aliphatic carbocycles. The Bertz CT molecular complexity index is 99.8. The minimum absolute atomic E-state index is 0.442. The van der Waals surface area contributed by atoms with Gasteiger partial charge in [-0.25, -0.2) is 0 Å². The highest BCUT2D eigenvalue weighted by molar-refractivity contribution is 4.70. The standard InChI is InChI=1S/C9H19N/c1-6-10(5)8-7-9(2,3)4/h6H,1,7-8H2,2-5H3. The van der Waals surface area contributed by atoms with Crippen molar-refractivity contribution in [3.05, 3.63) is 12.8 Å². The van der Waals surface area contributed by atoms with Crippen molar-refractivity contribution in [2.45, 2.75) is 27.2 Å². The van der Waals surface area contributed by atoms with Crippen molar-refractivity contribution in [3.63, 3.8) is 0 Å². The first-order valence-corrected chi connectivity index (χ1v) is 3.78. The van der Waals surface area contributed by atoms with Crippen LogP contribution in [0.25, 0.3) is 0 Å². The Morgan fingerprint density at radius 1 is 1.40 bits per heavy atom. The highest BCUT2D eigenvalue weighted by Crippen LogP contribution is 2.18. The van der Waals surface area contributed by atoms with E-state index in [0.717, 1.165) is 6.54 Å². The second-order valence-corrected chi connectivity index (χ2v) is 3.97. The molecule has 0 unspecified atom stereocenters. The summed E-state index contributed by atoms with van der Waals surface area (Å²) in [7, 11) is 2.05.